The largest absolute Gasteiger partial charge is 0.444 e. The molecule has 0 aliphatic carbocycles. The molecule has 21 heavy (non-hydrogen) atoms. The van der Waals surface area contributed by atoms with Crippen molar-refractivity contribution < 1.29 is 18.3 Å². The van der Waals surface area contributed by atoms with Gasteiger partial charge in [0.1, 0.15) is 5.60 Å². The number of ether oxygens (including phenoxy) is 1. The van der Waals surface area contributed by atoms with E-state index in [1.54, 1.807) is 4.90 Å². The van der Waals surface area contributed by atoms with E-state index < -0.39 is 18.1 Å². The fourth-order valence-corrected chi connectivity index (χ4v) is 3.25. The Morgan fingerprint density at radius 1 is 1.14 bits per heavy atom. The number of likely N-dealkylation sites (tertiary alicyclic amines) is 2. The summed E-state index contributed by atoms with van der Waals surface area (Å²) in [5.41, 5.74) is -0.496. The fourth-order valence-electron chi connectivity index (χ4n) is 3.25. The molecule has 2 aliphatic heterocycles. The molecule has 2 aliphatic rings. The van der Waals surface area contributed by atoms with Gasteiger partial charge in [0, 0.05) is 19.1 Å². The van der Waals surface area contributed by atoms with Gasteiger partial charge < -0.3 is 9.64 Å². The number of alkyl halides is 2. The highest BCUT2D eigenvalue weighted by atomic mass is 19.3. The number of hydrogen-bond donors (Lipinski definition) is 0. The van der Waals surface area contributed by atoms with Gasteiger partial charge in [0.15, 0.2) is 0 Å². The van der Waals surface area contributed by atoms with Crippen molar-refractivity contribution in [1.82, 2.24) is 9.80 Å². The van der Waals surface area contributed by atoms with Gasteiger partial charge in [-0.05, 0) is 53.0 Å². The second-order valence-corrected chi connectivity index (χ2v) is 6.98. The van der Waals surface area contributed by atoms with Crippen LogP contribution in [0.1, 0.15) is 46.5 Å². The SMILES string of the molecule is CC(C)(C)OC(=O)N1CCC(N2CCC[C@@H]2C(F)F)CC1. The molecule has 2 saturated heterocycles. The first-order chi connectivity index (χ1) is 9.78. The lowest BCUT2D eigenvalue weighted by Gasteiger charge is -2.39. The molecule has 0 radical (unpaired) electrons. The van der Waals surface area contributed by atoms with Crippen molar-refractivity contribution in [3.05, 3.63) is 0 Å². The van der Waals surface area contributed by atoms with Crippen LogP contribution in [0.5, 0.6) is 0 Å². The quantitative estimate of drug-likeness (QED) is 0.786. The molecule has 0 bridgehead atoms. The van der Waals surface area contributed by atoms with Gasteiger partial charge >= 0.3 is 6.09 Å². The number of carbonyl (C=O) groups excluding carboxylic acids is 1. The molecule has 1 amide bonds. The number of carbonyl (C=O) groups is 1. The van der Waals surface area contributed by atoms with Crippen molar-refractivity contribution in [2.45, 2.75) is 70.6 Å². The minimum absolute atomic E-state index is 0.171. The van der Waals surface area contributed by atoms with Crippen LogP contribution in [0.25, 0.3) is 0 Å². The number of rotatable bonds is 2. The van der Waals surface area contributed by atoms with Crippen LogP contribution in [0.15, 0.2) is 0 Å². The minimum atomic E-state index is -2.27. The molecule has 0 aromatic carbocycles. The molecule has 122 valence electrons. The summed E-state index contributed by atoms with van der Waals surface area (Å²) in [7, 11) is 0. The van der Waals surface area contributed by atoms with Crippen molar-refractivity contribution in [1.29, 1.82) is 0 Å². The molecule has 0 saturated carbocycles. The van der Waals surface area contributed by atoms with Crippen molar-refractivity contribution in [2.75, 3.05) is 19.6 Å². The van der Waals surface area contributed by atoms with Crippen molar-refractivity contribution in [2.24, 2.45) is 0 Å². The summed E-state index contributed by atoms with van der Waals surface area (Å²) < 4.78 is 31.4. The molecule has 0 N–H and O–H groups in total. The van der Waals surface area contributed by atoms with Gasteiger partial charge in [-0.1, -0.05) is 0 Å². The monoisotopic (exact) mass is 304 g/mol. The molecule has 0 spiro atoms. The van der Waals surface area contributed by atoms with E-state index in [4.69, 9.17) is 4.74 Å². The Kier molecular flexibility index (Phi) is 5.07. The first kappa shape index (κ1) is 16.5. The highest BCUT2D eigenvalue weighted by Gasteiger charge is 2.38. The maximum Gasteiger partial charge on any atom is 0.410 e. The first-order valence-electron chi connectivity index (χ1n) is 7.80. The Morgan fingerprint density at radius 3 is 2.29 bits per heavy atom. The second kappa shape index (κ2) is 6.46. The summed E-state index contributed by atoms with van der Waals surface area (Å²) >= 11 is 0. The normalized spacial score (nSPS) is 25.6. The molecule has 4 nitrogen and oxygen atoms in total. The molecule has 2 rings (SSSR count). The maximum absolute atomic E-state index is 13.0. The third-order valence-electron chi connectivity index (χ3n) is 4.22. The van der Waals surface area contributed by atoms with E-state index in [0.29, 0.717) is 19.5 Å². The average molecular weight is 304 g/mol. The molecule has 0 aromatic heterocycles. The lowest BCUT2D eigenvalue weighted by molar-refractivity contribution is -0.00367. The molecule has 2 heterocycles. The van der Waals surface area contributed by atoms with Gasteiger partial charge in [0.25, 0.3) is 6.43 Å². The predicted octanol–water partition coefficient (Wildman–Crippen LogP) is 3.12. The molecule has 6 heteroatoms. The average Bonchev–Trinajstić information content (AvgIpc) is 2.86. The van der Waals surface area contributed by atoms with Gasteiger partial charge in [-0.3, -0.25) is 4.90 Å². The van der Waals surface area contributed by atoms with Gasteiger partial charge in [-0.15, -0.1) is 0 Å². The Bertz CT molecular complexity index is 363. The highest BCUT2D eigenvalue weighted by molar-refractivity contribution is 5.68. The van der Waals surface area contributed by atoms with E-state index in [1.165, 1.54) is 0 Å². The minimum Gasteiger partial charge on any atom is -0.444 e. The van der Waals surface area contributed by atoms with Crippen LogP contribution in [0, 0.1) is 0 Å². The Balaban J connectivity index is 1.84. The van der Waals surface area contributed by atoms with Crippen LogP contribution in [-0.4, -0.2) is 59.6 Å². The van der Waals surface area contributed by atoms with Gasteiger partial charge in [-0.2, -0.15) is 0 Å². The van der Waals surface area contributed by atoms with Gasteiger partial charge in [-0.25, -0.2) is 13.6 Å². The molecule has 0 aromatic rings. The fraction of sp³-hybridized carbons (Fsp3) is 0.933. The van der Waals surface area contributed by atoms with Crippen LogP contribution in [0.4, 0.5) is 13.6 Å². The summed E-state index contributed by atoms with van der Waals surface area (Å²) in [5.74, 6) is 0. The number of piperidine rings is 1. The topological polar surface area (TPSA) is 32.8 Å². The third-order valence-corrected chi connectivity index (χ3v) is 4.22. The first-order valence-corrected chi connectivity index (χ1v) is 7.80. The summed E-state index contributed by atoms with van der Waals surface area (Å²) in [5, 5.41) is 0. The number of halogens is 2. The van der Waals surface area contributed by atoms with Crippen LogP contribution in [0.2, 0.25) is 0 Å². The van der Waals surface area contributed by atoms with E-state index in [-0.39, 0.29) is 12.1 Å². The molecular formula is C15H26F2N2O2. The van der Waals surface area contributed by atoms with E-state index >= 15 is 0 Å². The molecule has 0 unspecified atom stereocenters. The van der Waals surface area contributed by atoms with E-state index in [1.807, 2.05) is 25.7 Å². The summed E-state index contributed by atoms with van der Waals surface area (Å²) in [6.45, 7) is 7.46. The third kappa shape index (κ3) is 4.28. The smallest absolute Gasteiger partial charge is 0.410 e. The lowest BCUT2D eigenvalue weighted by Crippen LogP contribution is -2.50. The highest BCUT2D eigenvalue weighted by Crippen LogP contribution is 2.29. The second-order valence-electron chi connectivity index (χ2n) is 6.98. The van der Waals surface area contributed by atoms with E-state index in [0.717, 1.165) is 25.8 Å². The van der Waals surface area contributed by atoms with Crippen LogP contribution in [0.3, 0.4) is 0 Å². The van der Waals surface area contributed by atoms with Crippen molar-refractivity contribution >= 4 is 6.09 Å². The van der Waals surface area contributed by atoms with Gasteiger partial charge in [0.2, 0.25) is 0 Å². The van der Waals surface area contributed by atoms with Crippen LogP contribution >= 0.6 is 0 Å². The number of amides is 1. The summed E-state index contributed by atoms with van der Waals surface area (Å²) in [6, 6.07) is -0.423. The zero-order valence-electron chi connectivity index (χ0n) is 13.1. The molecular weight excluding hydrogens is 278 g/mol. The zero-order chi connectivity index (χ0) is 15.6. The van der Waals surface area contributed by atoms with Crippen molar-refractivity contribution in [3.8, 4) is 0 Å². The van der Waals surface area contributed by atoms with Crippen LogP contribution < -0.4 is 0 Å². The van der Waals surface area contributed by atoms with E-state index in [2.05, 4.69) is 0 Å². The zero-order valence-corrected chi connectivity index (χ0v) is 13.1. The maximum atomic E-state index is 13.0. The number of hydrogen-bond acceptors (Lipinski definition) is 3. The Labute approximate surface area is 125 Å². The molecule has 1 atom stereocenters. The molecule has 2 fully saturated rings. The predicted molar refractivity (Wildman–Crippen MR) is 76.6 cm³/mol. The standard InChI is InChI=1S/C15H26F2N2O2/c1-15(2,3)21-14(20)18-9-6-11(7-10-18)19-8-4-5-12(19)13(16)17/h11-13H,4-10H2,1-3H3/t12-/m1/s1. The van der Waals surface area contributed by atoms with Crippen molar-refractivity contribution in [3.63, 3.8) is 0 Å². The summed E-state index contributed by atoms with van der Waals surface area (Å²) in [6.07, 6.45) is 0.375. The lowest BCUT2D eigenvalue weighted by atomic mass is 10.0. The van der Waals surface area contributed by atoms with E-state index in [9.17, 15) is 13.6 Å². The van der Waals surface area contributed by atoms with Gasteiger partial charge in [0.05, 0.1) is 6.04 Å². The Morgan fingerprint density at radius 2 is 1.76 bits per heavy atom. The summed E-state index contributed by atoms with van der Waals surface area (Å²) in [4.78, 5) is 15.6. The Hall–Kier alpha value is -0.910. The number of nitrogens with zero attached hydrogens (tertiary/aromatic N) is 2. The van der Waals surface area contributed by atoms with Crippen LogP contribution in [-0.2, 0) is 4.74 Å².